The number of carbonyl (C=O) groups is 1. The van der Waals surface area contributed by atoms with Gasteiger partial charge in [0.25, 0.3) is 15.9 Å². The van der Waals surface area contributed by atoms with Crippen molar-refractivity contribution in [3.05, 3.63) is 96.1 Å². The zero-order chi connectivity index (χ0) is 22.3. The van der Waals surface area contributed by atoms with E-state index in [1.807, 2.05) is 37.3 Å². The van der Waals surface area contributed by atoms with Crippen molar-refractivity contribution in [2.24, 2.45) is 0 Å². The number of nitrogens with one attached hydrogen (secondary N) is 1. The molecule has 1 amide bonds. The second-order valence-electron chi connectivity index (χ2n) is 7.16. The molecule has 7 heteroatoms. The van der Waals surface area contributed by atoms with E-state index in [-0.39, 0.29) is 29.0 Å². The molecule has 3 aromatic carbocycles. The molecule has 1 atom stereocenters. The van der Waals surface area contributed by atoms with E-state index in [0.29, 0.717) is 12.3 Å². The van der Waals surface area contributed by atoms with Crippen molar-refractivity contribution < 1.29 is 17.9 Å². The fourth-order valence-electron chi connectivity index (χ4n) is 3.24. The number of ether oxygens (including phenoxy) is 1. The maximum absolute atomic E-state index is 13.6. The van der Waals surface area contributed by atoms with Gasteiger partial charge < -0.3 is 10.1 Å². The fraction of sp³-hybridized carbons (Fsp3) is 0.208. The molecule has 0 saturated heterocycles. The van der Waals surface area contributed by atoms with E-state index in [1.54, 1.807) is 61.7 Å². The summed E-state index contributed by atoms with van der Waals surface area (Å²) in [6.45, 7) is 2.27. The van der Waals surface area contributed by atoms with Crippen LogP contribution in [0.2, 0.25) is 0 Å². The lowest BCUT2D eigenvalue weighted by atomic mass is 10.1. The summed E-state index contributed by atoms with van der Waals surface area (Å²) in [4.78, 5) is 13.1. The lowest BCUT2D eigenvalue weighted by Crippen LogP contribution is -2.38. The Morgan fingerprint density at radius 3 is 2.16 bits per heavy atom. The molecule has 3 aromatic rings. The summed E-state index contributed by atoms with van der Waals surface area (Å²) in [6, 6.07) is 24.0. The van der Waals surface area contributed by atoms with Crippen LogP contribution in [0.25, 0.3) is 0 Å². The SMILES string of the molecule is COC[C@@H](C)NC(=O)c1ccccc1N(Cc1ccccc1)S(=O)(=O)c1ccccc1. The van der Waals surface area contributed by atoms with Gasteiger partial charge in [-0.05, 0) is 36.8 Å². The third-order valence-electron chi connectivity index (χ3n) is 4.71. The number of methoxy groups -OCH3 is 1. The topological polar surface area (TPSA) is 75.7 Å². The number of carbonyl (C=O) groups excluding carboxylic acids is 1. The number of hydrogen-bond acceptors (Lipinski definition) is 4. The van der Waals surface area contributed by atoms with Gasteiger partial charge >= 0.3 is 0 Å². The van der Waals surface area contributed by atoms with E-state index in [9.17, 15) is 13.2 Å². The molecule has 0 aliphatic heterocycles. The molecule has 162 valence electrons. The largest absolute Gasteiger partial charge is 0.383 e. The van der Waals surface area contributed by atoms with Crippen LogP contribution in [0.15, 0.2) is 89.8 Å². The highest BCUT2D eigenvalue weighted by molar-refractivity contribution is 7.92. The van der Waals surface area contributed by atoms with Gasteiger partial charge in [0.15, 0.2) is 0 Å². The molecule has 0 fully saturated rings. The van der Waals surface area contributed by atoms with Crippen LogP contribution in [0.3, 0.4) is 0 Å². The molecule has 31 heavy (non-hydrogen) atoms. The first-order chi connectivity index (χ1) is 14.9. The quantitative estimate of drug-likeness (QED) is 0.551. The monoisotopic (exact) mass is 438 g/mol. The molecular formula is C24H26N2O4S. The summed E-state index contributed by atoms with van der Waals surface area (Å²) in [6.07, 6.45) is 0. The molecule has 3 rings (SSSR count). The Morgan fingerprint density at radius 1 is 0.935 bits per heavy atom. The first-order valence-electron chi connectivity index (χ1n) is 9.94. The minimum Gasteiger partial charge on any atom is -0.383 e. The molecule has 0 aliphatic rings. The molecule has 0 aliphatic carbocycles. The van der Waals surface area contributed by atoms with Crippen LogP contribution < -0.4 is 9.62 Å². The van der Waals surface area contributed by atoms with Crippen LogP contribution in [0.4, 0.5) is 5.69 Å². The number of amides is 1. The average Bonchev–Trinajstić information content (AvgIpc) is 2.79. The third kappa shape index (κ3) is 5.51. The minimum atomic E-state index is -3.92. The molecule has 6 nitrogen and oxygen atoms in total. The Labute approximate surface area is 183 Å². The zero-order valence-electron chi connectivity index (χ0n) is 17.6. The highest BCUT2D eigenvalue weighted by atomic mass is 32.2. The highest BCUT2D eigenvalue weighted by Gasteiger charge is 2.28. The predicted octanol–water partition coefficient (Wildman–Crippen LogP) is 3.85. The molecule has 0 bridgehead atoms. The Bertz CT molecular complexity index is 1100. The third-order valence-corrected chi connectivity index (χ3v) is 6.49. The summed E-state index contributed by atoms with van der Waals surface area (Å²) in [5, 5.41) is 2.86. The van der Waals surface area contributed by atoms with Crippen molar-refractivity contribution >= 4 is 21.6 Å². The van der Waals surface area contributed by atoms with E-state index in [1.165, 1.54) is 4.31 Å². The van der Waals surface area contributed by atoms with Crippen LogP contribution in [-0.2, 0) is 21.3 Å². The van der Waals surface area contributed by atoms with Crippen molar-refractivity contribution in [1.82, 2.24) is 5.32 Å². The molecule has 1 N–H and O–H groups in total. The number of para-hydroxylation sites is 1. The first kappa shape index (κ1) is 22.5. The van der Waals surface area contributed by atoms with Crippen LogP contribution in [-0.4, -0.2) is 34.1 Å². The van der Waals surface area contributed by atoms with E-state index in [0.717, 1.165) is 5.56 Å². The van der Waals surface area contributed by atoms with Crippen LogP contribution in [0.5, 0.6) is 0 Å². The molecule has 0 unspecified atom stereocenters. The smallest absolute Gasteiger partial charge is 0.264 e. The Balaban J connectivity index is 2.07. The zero-order valence-corrected chi connectivity index (χ0v) is 18.4. The van der Waals surface area contributed by atoms with Gasteiger partial charge in [0.05, 0.1) is 29.3 Å². The number of benzene rings is 3. The lowest BCUT2D eigenvalue weighted by molar-refractivity contribution is 0.0906. The highest BCUT2D eigenvalue weighted by Crippen LogP contribution is 2.29. The Hall–Kier alpha value is -3.16. The van der Waals surface area contributed by atoms with E-state index >= 15 is 0 Å². The number of sulfonamides is 1. The Kier molecular flexibility index (Phi) is 7.44. The number of nitrogens with zero attached hydrogens (tertiary/aromatic N) is 1. The molecule has 0 saturated carbocycles. The molecule has 0 spiro atoms. The number of hydrogen-bond donors (Lipinski definition) is 1. The van der Waals surface area contributed by atoms with Gasteiger partial charge in [-0.25, -0.2) is 8.42 Å². The van der Waals surface area contributed by atoms with E-state index in [2.05, 4.69) is 5.32 Å². The van der Waals surface area contributed by atoms with Crippen LogP contribution >= 0.6 is 0 Å². The second kappa shape index (κ2) is 10.2. The summed E-state index contributed by atoms with van der Waals surface area (Å²) >= 11 is 0. The molecule has 0 radical (unpaired) electrons. The molecule has 0 aromatic heterocycles. The van der Waals surface area contributed by atoms with E-state index < -0.39 is 10.0 Å². The summed E-state index contributed by atoms with van der Waals surface area (Å²) in [5.41, 5.74) is 1.41. The Morgan fingerprint density at radius 2 is 1.52 bits per heavy atom. The van der Waals surface area contributed by atoms with Crippen molar-refractivity contribution in [2.75, 3.05) is 18.0 Å². The van der Waals surface area contributed by atoms with Crippen molar-refractivity contribution in [1.29, 1.82) is 0 Å². The summed E-state index contributed by atoms with van der Waals surface area (Å²) in [5.74, 6) is -0.360. The predicted molar refractivity (Wildman–Crippen MR) is 121 cm³/mol. The van der Waals surface area contributed by atoms with Crippen molar-refractivity contribution in [3.63, 3.8) is 0 Å². The van der Waals surface area contributed by atoms with Gasteiger partial charge in [-0.3, -0.25) is 9.10 Å². The standard InChI is InChI=1S/C24H26N2O4S/c1-19(18-30-2)25-24(27)22-15-9-10-16-23(22)26(17-20-11-5-3-6-12-20)31(28,29)21-13-7-4-8-14-21/h3-16,19H,17-18H2,1-2H3,(H,25,27)/t19-/m1/s1. The summed E-state index contributed by atoms with van der Waals surface area (Å²) in [7, 11) is -2.36. The van der Waals surface area contributed by atoms with Crippen molar-refractivity contribution in [2.45, 2.75) is 24.4 Å². The van der Waals surface area contributed by atoms with E-state index in [4.69, 9.17) is 4.74 Å². The van der Waals surface area contributed by atoms with Gasteiger partial charge in [-0.1, -0.05) is 60.7 Å². The minimum absolute atomic E-state index is 0.0932. The molecule has 0 heterocycles. The fourth-order valence-corrected chi connectivity index (χ4v) is 4.74. The van der Waals surface area contributed by atoms with Gasteiger partial charge in [-0.15, -0.1) is 0 Å². The number of anilines is 1. The van der Waals surface area contributed by atoms with Gasteiger partial charge in [0.2, 0.25) is 0 Å². The molecular weight excluding hydrogens is 412 g/mol. The normalized spacial score (nSPS) is 12.2. The van der Waals surface area contributed by atoms with Crippen molar-refractivity contribution in [3.8, 4) is 0 Å². The van der Waals surface area contributed by atoms with Crippen LogP contribution in [0, 0.1) is 0 Å². The van der Waals surface area contributed by atoms with Crippen LogP contribution in [0.1, 0.15) is 22.8 Å². The van der Waals surface area contributed by atoms with Gasteiger partial charge in [0, 0.05) is 13.2 Å². The second-order valence-corrected chi connectivity index (χ2v) is 9.02. The van der Waals surface area contributed by atoms with Gasteiger partial charge in [0.1, 0.15) is 0 Å². The summed E-state index contributed by atoms with van der Waals surface area (Å²) < 4.78 is 33.6. The maximum atomic E-state index is 13.6. The maximum Gasteiger partial charge on any atom is 0.264 e. The lowest BCUT2D eigenvalue weighted by Gasteiger charge is -2.27. The van der Waals surface area contributed by atoms with Gasteiger partial charge in [-0.2, -0.15) is 0 Å². The number of rotatable bonds is 9. The average molecular weight is 439 g/mol. The first-order valence-corrected chi connectivity index (χ1v) is 11.4.